The van der Waals surface area contributed by atoms with Gasteiger partial charge in [-0.1, -0.05) is 19.3 Å². The van der Waals surface area contributed by atoms with Crippen LogP contribution in [0.25, 0.3) is 0 Å². The fourth-order valence-corrected chi connectivity index (χ4v) is 3.62. The fraction of sp³-hybridized carbons (Fsp3) is 0.667. The molecular weight excluding hydrogens is 308 g/mol. The molecule has 1 aliphatic carbocycles. The van der Waals surface area contributed by atoms with Crippen molar-refractivity contribution >= 4 is 11.9 Å². The number of ether oxygens (including phenoxy) is 1. The highest BCUT2D eigenvalue weighted by atomic mass is 16.5. The van der Waals surface area contributed by atoms with Gasteiger partial charge in [-0.15, -0.1) is 0 Å². The van der Waals surface area contributed by atoms with Gasteiger partial charge in [0.2, 0.25) is 5.76 Å². The molecule has 24 heavy (non-hydrogen) atoms. The van der Waals surface area contributed by atoms with E-state index in [1.165, 1.54) is 32.1 Å². The Labute approximate surface area is 142 Å². The fourth-order valence-electron chi connectivity index (χ4n) is 3.62. The molecule has 0 unspecified atom stereocenters. The van der Waals surface area contributed by atoms with E-state index >= 15 is 0 Å². The Bertz CT molecular complexity index is 569. The molecular formula is C18H26N2O4. The smallest absolute Gasteiger partial charge is 0.374 e. The van der Waals surface area contributed by atoms with Crippen molar-refractivity contribution in [2.45, 2.75) is 45.1 Å². The van der Waals surface area contributed by atoms with Crippen molar-refractivity contribution in [3.8, 4) is 0 Å². The maximum absolute atomic E-state index is 12.2. The molecule has 2 heterocycles. The molecule has 0 bridgehead atoms. The highest BCUT2D eigenvalue weighted by Crippen LogP contribution is 2.23. The number of amides is 1. The molecule has 1 saturated heterocycles. The number of aryl methyl sites for hydroxylation is 1. The number of hydrogen-bond acceptors (Lipinski definition) is 5. The Morgan fingerprint density at radius 3 is 2.46 bits per heavy atom. The average Bonchev–Trinajstić information content (AvgIpc) is 3.07. The van der Waals surface area contributed by atoms with E-state index in [4.69, 9.17) is 9.15 Å². The summed E-state index contributed by atoms with van der Waals surface area (Å²) >= 11 is 0. The highest BCUT2D eigenvalue weighted by molar-refractivity contribution is 5.88. The third-order valence-corrected chi connectivity index (χ3v) is 5.03. The molecule has 1 aliphatic heterocycles. The third-order valence-electron chi connectivity index (χ3n) is 5.03. The number of carbonyl (C=O) groups excluding carboxylic acids is 2. The van der Waals surface area contributed by atoms with Crippen molar-refractivity contribution in [1.82, 2.24) is 9.80 Å². The van der Waals surface area contributed by atoms with Gasteiger partial charge in [0.15, 0.2) is 6.61 Å². The van der Waals surface area contributed by atoms with E-state index in [2.05, 4.69) is 4.90 Å². The Kier molecular flexibility index (Phi) is 5.56. The minimum atomic E-state index is -0.586. The maximum atomic E-state index is 12.2. The Morgan fingerprint density at radius 2 is 1.83 bits per heavy atom. The van der Waals surface area contributed by atoms with E-state index in [1.807, 2.05) is 0 Å². The van der Waals surface area contributed by atoms with Crippen molar-refractivity contribution in [3.05, 3.63) is 23.7 Å². The SMILES string of the molecule is Cc1ccc(C(=O)OCC(=O)N2CCN(C3CCCCC3)CC2)o1. The summed E-state index contributed by atoms with van der Waals surface area (Å²) in [6, 6.07) is 3.95. The van der Waals surface area contributed by atoms with Gasteiger partial charge in [0.1, 0.15) is 5.76 Å². The van der Waals surface area contributed by atoms with E-state index in [0.29, 0.717) is 24.9 Å². The molecule has 0 N–H and O–H groups in total. The monoisotopic (exact) mass is 334 g/mol. The van der Waals surface area contributed by atoms with Gasteiger partial charge in [0, 0.05) is 32.2 Å². The van der Waals surface area contributed by atoms with Crippen LogP contribution < -0.4 is 0 Å². The standard InChI is InChI=1S/C18H26N2O4/c1-14-7-8-16(24-14)18(22)23-13-17(21)20-11-9-19(10-12-20)15-5-3-2-4-6-15/h7-8,15H,2-6,9-13H2,1H3. The lowest BCUT2D eigenvalue weighted by molar-refractivity contribution is -0.136. The van der Waals surface area contributed by atoms with E-state index in [0.717, 1.165) is 13.1 Å². The summed E-state index contributed by atoms with van der Waals surface area (Å²) in [4.78, 5) is 28.3. The van der Waals surface area contributed by atoms with E-state index in [1.54, 1.807) is 24.0 Å². The minimum Gasteiger partial charge on any atom is -0.454 e. The molecule has 0 atom stereocenters. The maximum Gasteiger partial charge on any atom is 0.374 e. The molecule has 3 rings (SSSR count). The average molecular weight is 334 g/mol. The van der Waals surface area contributed by atoms with Crippen LogP contribution >= 0.6 is 0 Å². The molecule has 1 aromatic heterocycles. The third kappa shape index (κ3) is 4.17. The number of esters is 1. The van der Waals surface area contributed by atoms with Gasteiger partial charge < -0.3 is 14.1 Å². The van der Waals surface area contributed by atoms with Gasteiger partial charge in [0.25, 0.3) is 5.91 Å². The van der Waals surface area contributed by atoms with Crippen molar-refractivity contribution in [2.24, 2.45) is 0 Å². The number of carbonyl (C=O) groups is 2. The quantitative estimate of drug-likeness (QED) is 0.790. The van der Waals surface area contributed by atoms with E-state index in [9.17, 15) is 9.59 Å². The summed E-state index contributed by atoms with van der Waals surface area (Å²) in [6.45, 7) is 4.80. The van der Waals surface area contributed by atoms with Crippen LogP contribution in [-0.2, 0) is 9.53 Å². The number of rotatable bonds is 4. The lowest BCUT2D eigenvalue weighted by Gasteiger charge is -2.40. The van der Waals surface area contributed by atoms with Crippen molar-refractivity contribution < 1.29 is 18.7 Å². The zero-order valence-electron chi connectivity index (χ0n) is 14.3. The first-order valence-electron chi connectivity index (χ1n) is 8.89. The van der Waals surface area contributed by atoms with Gasteiger partial charge in [-0.25, -0.2) is 4.79 Å². The second kappa shape index (κ2) is 7.83. The molecule has 6 nitrogen and oxygen atoms in total. The minimum absolute atomic E-state index is 0.130. The second-order valence-corrected chi connectivity index (χ2v) is 6.70. The predicted octanol–water partition coefficient (Wildman–Crippen LogP) is 2.22. The molecule has 1 amide bonds. The summed E-state index contributed by atoms with van der Waals surface area (Å²) in [5, 5.41) is 0. The van der Waals surface area contributed by atoms with Crippen molar-refractivity contribution in [1.29, 1.82) is 0 Å². The lowest BCUT2D eigenvalue weighted by Crippen LogP contribution is -2.53. The van der Waals surface area contributed by atoms with Crippen LogP contribution in [0.4, 0.5) is 0 Å². The number of piperazine rings is 1. The molecule has 0 radical (unpaired) electrons. The van der Waals surface area contributed by atoms with Crippen LogP contribution in [-0.4, -0.2) is 60.5 Å². The largest absolute Gasteiger partial charge is 0.454 e. The molecule has 2 fully saturated rings. The normalized spacial score (nSPS) is 20.1. The number of furan rings is 1. The summed E-state index contributed by atoms with van der Waals surface area (Å²) in [6.07, 6.45) is 6.58. The second-order valence-electron chi connectivity index (χ2n) is 6.70. The molecule has 2 aliphatic rings. The molecule has 0 spiro atoms. The van der Waals surface area contributed by atoms with Crippen LogP contribution in [0.15, 0.2) is 16.5 Å². The Balaban J connectivity index is 1.41. The summed E-state index contributed by atoms with van der Waals surface area (Å²) in [5.74, 6) is 0.0711. The Morgan fingerprint density at radius 1 is 1.12 bits per heavy atom. The molecule has 6 heteroatoms. The van der Waals surface area contributed by atoms with Gasteiger partial charge in [0.05, 0.1) is 0 Å². The zero-order chi connectivity index (χ0) is 16.9. The Hall–Kier alpha value is -1.82. The first kappa shape index (κ1) is 17.0. The van der Waals surface area contributed by atoms with Gasteiger partial charge in [-0.05, 0) is 31.9 Å². The topological polar surface area (TPSA) is 63.0 Å². The van der Waals surface area contributed by atoms with Gasteiger partial charge in [-0.3, -0.25) is 9.69 Å². The predicted molar refractivity (Wildman–Crippen MR) is 88.8 cm³/mol. The summed E-state index contributed by atoms with van der Waals surface area (Å²) < 4.78 is 10.3. The number of hydrogen-bond donors (Lipinski definition) is 0. The zero-order valence-corrected chi connectivity index (χ0v) is 14.3. The summed E-state index contributed by atoms with van der Waals surface area (Å²) in [5.41, 5.74) is 0. The van der Waals surface area contributed by atoms with Crippen LogP contribution in [0, 0.1) is 6.92 Å². The van der Waals surface area contributed by atoms with Crippen LogP contribution in [0.5, 0.6) is 0 Å². The first-order chi connectivity index (χ1) is 11.6. The lowest BCUT2D eigenvalue weighted by atomic mass is 9.94. The van der Waals surface area contributed by atoms with Crippen LogP contribution in [0.1, 0.15) is 48.4 Å². The van der Waals surface area contributed by atoms with Crippen LogP contribution in [0.3, 0.4) is 0 Å². The molecule has 1 aromatic rings. The van der Waals surface area contributed by atoms with Crippen molar-refractivity contribution in [3.63, 3.8) is 0 Å². The van der Waals surface area contributed by atoms with E-state index in [-0.39, 0.29) is 18.3 Å². The molecule has 0 aromatic carbocycles. The van der Waals surface area contributed by atoms with E-state index < -0.39 is 5.97 Å². The molecule has 132 valence electrons. The van der Waals surface area contributed by atoms with Gasteiger partial charge in [-0.2, -0.15) is 0 Å². The molecule has 1 saturated carbocycles. The summed E-state index contributed by atoms with van der Waals surface area (Å²) in [7, 11) is 0. The highest BCUT2D eigenvalue weighted by Gasteiger charge is 2.27. The van der Waals surface area contributed by atoms with Gasteiger partial charge >= 0.3 is 5.97 Å². The van der Waals surface area contributed by atoms with Crippen molar-refractivity contribution in [2.75, 3.05) is 32.8 Å². The number of nitrogens with zero attached hydrogens (tertiary/aromatic N) is 2. The van der Waals surface area contributed by atoms with Crippen LogP contribution in [0.2, 0.25) is 0 Å². The first-order valence-corrected chi connectivity index (χ1v) is 8.89.